The van der Waals surface area contributed by atoms with Crippen LogP contribution < -0.4 is 0 Å². The average molecular weight is 512 g/mol. The summed E-state index contributed by atoms with van der Waals surface area (Å²) in [6.07, 6.45) is 0. The van der Waals surface area contributed by atoms with Crippen molar-refractivity contribution in [3.63, 3.8) is 0 Å². The van der Waals surface area contributed by atoms with E-state index in [-0.39, 0.29) is 0 Å². The molecule has 0 aliphatic rings. The topological polar surface area (TPSA) is 38.7 Å². The lowest BCUT2D eigenvalue weighted by molar-refractivity contribution is 1.07. The molecule has 1 aromatic heterocycles. The van der Waals surface area contributed by atoms with E-state index in [4.69, 9.17) is 15.0 Å². The third kappa shape index (κ3) is 4.55. The third-order valence-electron chi connectivity index (χ3n) is 7.16. The third-order valence-corrected chi connectivity index (χ3v) is 7.16. The summed E-state index contributed by atoms with van der Waals surface area (Å²) in [6, 6.07) is 52.3. The largest absolute Gasteiger partial charge is 0.208 e. The van der Waals surface area contributed by atoms with Crippen molar-refractivity contribution in [2.45, 2.75) is 0 Å². The van der Waals surface area contributed by atoms with Crippen molar-refractivity contribution in [1.29, 1.82) is 0 Å². The molecule has 188 valence electrons. The van der Waals surface area contributed by atoms with Crippen molar-refractivity contribution < 1.29 is 0 Å². The molecule has 0 spiro atoms. The molecule has 6 aromatic carbocycles. The number of benzene rings is 6. The van der Waals surface area contributed by atoms with Crippen molar-refractivity contribution in [3.05, 3.63) is 152 Å². The fourth-order valence-electron chi connectivity index (χ4n) is 5.16. The number of rotatable bonds is 5. The van der Waals surface area contributed by atoms with Crippen molar-refractivity contribution in [2.75, 3.05) is 0 Å². The van der Waals surface area contributed by atoms with Crippen LogP contribution in [0, 0.1) is 0 Å². The fourth-order valence-corrected chi connectivity index (χ4v) is 5.16. The van der Waals surface area contributed by atoms with Crippen molar-refractivity contribution >= 4 is 10.8 Å². The fraction of sp³-hybridized carbons (Fsp3) is 0. The molecule has 0 amide bonds. The predicted octanol–water partition coefficient (Wildman–Crippen LogP) is 9.36. The van der Waals surface area contributed by atoms with Gasteiger partial charge in [0.05, 0.1) is 0 Å². The van der Waals surface area contributed by atoms with Gasteiger partial charge in [0, 0.05) is 16.7 Å². The minimum Gasteiger partial charge on any atom is -0.208 e. The molecule has 0 N–H and O–H groups in total. The van der Waals surface area contributed by atoms with E-state index in [0.717, 1.165) is 22.3 Å². The second-order valence-corrected chi connectivity index (χ2v) is 9.69. The summed E-state index contributed by atoms with van der Waals surface area (Å²) >= 11 is 0. The Hall–Kier alpha value is -5.41. The van der Waals surface area contributed by atoms with Crippen LogP contribution in [0.1, 0.15) is 0 Å². The molecule has 3 nitrogen and oxygen atoms in total. The Bertz CT molecular complexity index is 1860. The molecule has 3 heteroatoms. The van der Waals surface area contributed by atoms with Crippen LogP contribution in [0.2, 0.25) is 0 Å². The highest BCUT2D eigenvalue weighted by molar-refractivity contribution is 6.05. The van der Waals surface area contributed by atoms with Crippen LogP contribution in [0.4, 0.5) is 0 Å². The lowest BCUT2D eigenvalue weighted by Crippen LogP contribution is -2.00. The summed E-state index contributed by atoms with van der Waals surface area (Å²) < 4.78 is 0. The van der Waals surface area contributed by atoms with Gasteiger partial charge in [0.25, 0.3) is 0 Å². The van der Waals surface area contributed by atoms with Crippen LogP contribution in [-0.2, 0) is 0 Å². The Labute approximate surface area is 233 Å². The van der Waals surface area contributed by atoms with E-state index in [9.17, 15) is 0 Å². The van der Waals surface area contributed by atoms with Crippen LogP contribution in [-0.4, -0.2) is 15.0 Å². The van der Waals surface area contributed by atoms with Gasteiger partial charge in [-0.15, -0.1) is 0 Å². The van der Waals surface area contributed by atoms with Crippen molar-refractivity contribution in [3.8, 4) is 56.4 Å². The van der Waals surface area contributed by atoms with Gasteiger partial charge in [-0.05, 0) is 33.0 Å². The van der Waals surface area contributed by atoms with Crippen LogP contribution in [0.3, 0.4) is 0 Å². The summed E-state index contributed by atoms with van der Waals surface area (Å²) in [6.45, 7) is 0. The first-order valence-electron chi connectivity index (χ1n) is 13.4. The molecule has 0 unspecified atom stereocenters. The average Bonchev–Trinajstić information content (AvgIpc) is 3.05. The predicted molar refractivity (Wildman–Crippen MR) is 165 cm³/mol. The van der Waals surface area contributed by atoms with Crippen LogP contribution in [0.5, 0.6) is 0 Å². The van der Waals surface area contributed by atoms with Gasteiger partial charge in [-0.25, -0.2) is 15.0 Å². The maximum absolute atomic E-state index is 4.87. The SMILES string of the molecule is c1ccc(-c2nc(-c3ccccc3)nc(-c3ccc(-c4ccc(-c5ccccc5)c5ccccc45)cc3)n2)cc1. The monoisotopic (exact) mass is 511 g/mol. The van der Waals surface area contributed by atoms with E-state index in [0.29, 0.717) is 17.5 Å². The first kappa shape index (κ1) is 23.7. The normalized spacial score (nSPS) is 11.0. The van der Waals surface area contributed by atoms with E-state index < -0.39 is 0 Å². The van der Waals surface area contributed by atoms with Gasteiger partial charge in [-0.3, -0.25) is 0 Å². The van der Waals surface area contributed by atoms with E-state index in [1.165, 1.54) is 27.5 Å². The molecule has 0 saturated carbocycles. The van der Waals surface area contributed by atoms with E-state index in [1.807, 2.05) is 60.7 Å². The van der Waals surface area contributed by atoms with E-state index >= 15 is 0 Å². The van der Waals surface area contributed by atoms with Crippen molar-refractivity contribution in [1.82, 2.24) is 15.0 Å². The van der Waals surface area contributed by atoms with Gasteiger partial charge < -0.3 is 0 Å². The van der Waals surface area contributed by atoms with Gasteiger partial charge in [0.2, 0.25) is 0 Å². The zero-order valence-electron chi connectivity index (χ0n) is 21.8. The van der Waals surface area contributed by atoms with Gasteiger partial charge in [-0.2, -0.15) is 0 Å². The molecule has 0 bridgehead atoms. The van der Waals surface area contributed by atoms with Gasteiger partial charge in [0.1, 0.15) is 0 Å². The molecule has 0 atom stereocenters. The molecule has 0 fully saturated rings. The molecular formula is C37H25N3. The summed E-state index contributed by atoms with van der Waals surface area (Å²) in [5.41, 5.74) is 7.69. The number of aromatic nitrogens is 3. The molecule has 0 radical (unpaired) electrons. The molecule has 0 aliphatic carbocycles. The molecular weight excluding hydrogens is 486 g/mol. The highest BCUT2D eigenvalue weighted by atomic mass is 15.0. The van der Waals surface area contributed by atoms with Gasteiger partial charge >= 0.3 is 0 Å². The lowest BCUT2D eigenvalue weighted by Gasteiger charge is -2.13. The smallest absolute Gasteiger partial charge is 0.164 e. The quantitative estimate of drug-likeness (QED) is 0.231. The first-order valence-corrected chi connectivity index (χ1v) is 13.4. The molecule has 0 saturated heterocycles. The summed E-state index contributed by atoms with van der Waals surface area (Å²) in [4.78, 5) is 14.6. The number of hydrogen-bond donors (Lipinski definition) is 0. The zero-order chi connectivity index (χ0) is 26.7. The molecule has 0 aliphatic heterocycles. The van der Waals surface area contributed by atoms with Crippen LogP contribution in [0.25, 0.3) is 67.2 Å². The lowest BCUT2D eigenvalue weighted by atomic mass is 9.92. The maximum atomic E-state index is 4.87. The van der Waals surface area contributed by atoms with Crippen LogP contribution in [0.15, 0.2) is 152 Å². The Kier molecular flexibility index (Phi) is 6.15. The Morgan fingerprint density at radius 3 is 0.975 bits per heavy atom. The minimum atomic E-state index is 0.656. The standard InChI is InChI=1S/C37H25N3/c1-4-12-26(13-5-1)31-24-25-32(34-19-11-10-18-33(31)34)27-20-22-30(23-21-27)37-39-35(28-14-6-2-7-15-28)38-36(40-37)29-16-8-3-9-17-29/h1-25H. The highest BCUT2D eigenvalue weighted by Gasteiger charge is 2.13. The summed E-state index contributed by atoms with van der Waals surface area (Å²) in [7, 11) is 0. The van der Waals surface area contributed by atoms with Crippen LogP contribution >= 0.6 is 0 Å². The Morgan fingerprint density at radius 1 is 0.250 bits per heavy atom. The van der Waals surface area contributed by atoms with E-state index in [2.05, 4.69) is 91.0 Å². The van der Waals surface area contributed by atoms with Crippen molar-refractivity contribution in [2.24, 2.45) is 0 Å². The molecule has 1 heterocycles. The van der Waals surface area contributed by atoms with Gasteiger partial charge in [0.15, 0.2) is 17.5 Å². The summed E-state index contributed by atoms with van der Waals surface area (Å²) in [5, 5.41) is 2.47. The molecule has 7 rings (SSSR count). The number of fused-ring (bicyclic) bond motifs is 1. The first-order chi connectivity index (χ1) is 19.8. The maximum Gasteiger partial charge on any atom is 0.164 e. The number of hydrogen-bond acceptors (Lipinski definition) is 3. The summed E-state index contributed by atoms with van der Waals surface area (Å²) in [5.74, 6) is 1.98. The zero-order valence-corrected chi connectivity index (χ0v) is 21.8. The second-order valence-electron chi connectivity index (χ2n) is 9.69. The number of nitrogens with zero attached hydrogens (tertiary/aromatic N) is 3. The highest BCUT2D eigenvalue weighted by Crippen LogP contribution is 2.36. The minimum absolute atomic E-state index is 0.656. The second kappa shape index (κ2) is 10.4. The molecule has 7 aromatic rings. The van der Waals surface area contributed by atoms with Gasteiger partial charge in [-0.1, -0.05) is 152 Å². The molecule has 40 heavy (non-hydrogen) atoms. The Balaban J connectivity index is 1.31. The Morgan fingerprint density at radius 2 is 0.550 bits per heavy atom. The van der Waals surface area contributed by atoms with E-state index in [1.54, 1.807) is 0 Å².